The molecule has 0 aliphatic rings. The zero-order valence-electron chi connectivity index (χ0n) is 23.9. The molecule has 1 heterocycles. The van der Waals surface area contributed by atoms with Crippen molar-refractivity contribution < 1.29 is 19.1 Å². The van der Waals surface area contributed by atoms with Gasteiger partial charge in [0.1, 0.15) is 0 Å². The van der Waals surface area contributed by atoms with Crippen molar-refractivity contribution in [1.82, 2.24) is 9.88 Å². The first-order valence-corrected chi connectivity index (χ1v) is 13.4. The van der Waals surface area contributed by atoms with Gasteiger partial charge >= 0.3 is 0 Å². The molecule has 0 saturated carbocycles. The van der Waals surface area contributed by atoms with E-state index in [9.17, 15) is 9.59 Å². The first-order chi connectivity index (χ1) is 18.6. The smallest absolute Gasteiger partial charge is 0.251 e. The summed E-state index contributed by atoms with van der Waals surface area (Å²) < 4.78 is 13.4. The zero-order valence-corrected chi connectivity index (χ0v) is 23.9. The van der Waals surface area contributed by atoms with Gasteiger partial charge in [0, 0.05) is 28.7 Å². The highest BCUT2D eigenvalue weighted by Crippen LogP contribution is 2.32. The van der Waals surface area contributed by atoms with Gasteiger partial charge in [-0.2, -0.15) is 0 Å². The number of nitrogens with zero attached hydrogens (tertiary/aromatic N) is 1. The van der Waals surface area contributed by atoms with Gasteiger partial charge in [-0.15, -0.1) is 0 Å². The molecular formula is C33H38N2O4. The number of benzene rings is 3. The van der Waals surface area contributed by atoms with E-state index in [1.165, 1.54) is 5.56 Å². The van der Waals surface area contributed by atoms with Gasteiger partial charge in [-0.05, 0) is 86.2 Å². The average molecular weight is 527 g/mol. The van der Waals surface area contributed by atoms with Gasteiger partial charge in [0.2, 0.25) is 0 Å². The third-order valence-corrected chi connectivity index (χ3v) is 7.40. The lowest BCUT2D eigenvalue weighted by Gasteiger charge is -2.17. The molecule has 4 rings (SSSR count). The van der Waals surface area contributed by atoms with Crippen LogP contribution in [0.1, 0.15) is 78.0 Å². The highest BCUT2D eigenvalue weighted by Gasteiger charge is 2.17. The Bertz CT molecular complexity index is 1500. The van der Waals surface area contributed by atoms with Crippen LogP contribution in [0.2, 0.25) is 0 Å². The fraction of sp³-hybridized carbons (Fsp3) is 0.333. The quantitative estimate of drug-likeness (QED) is 0.228. The van der Waals surface area contributed by atoms with Crippen molar-refractivity contribution >= 4 is 23.1 Å². The second-order valence-electron chi connectivity index (χ2n) is 10.5. The molecule has 0 fully saturated rings. The van der Waals surface area contributed by atoms with Crippen molar-refractivity contribution in [2.75, 3.05) is 7.11 Å². The minimum atomic E-state index is -0.572. The van der Waals surface area contributed by atoms with E-state index in [0.29, 0.717) is 29.5 Å². The van der Waals surface area contributed by atoms with Gasteiger partial charge in [0.25, 0.3) is 5.91 Å². The summed E-state index contributed by atoms with van der Waals surface area (Å²) >= 11 is 0. The summed E-state index contributed by atoms with van der Waals surface area (Å²) in [6, 6.07) is 19.9. The highest BCUT2D eigenvalue weighted by atomic mass is 16.5. The second kappa shape index (κ2) is 11.8. The summed E-state index contributed by atoms with van der Waals surface area (Å²) in [6.07, 6.45) is 0.188. The number of methoxy groups -OCH3 is 1. The predicted molar refractivity (Wildman–Crippen MR) is 156 cm³/mol. The molecule has 0 aliphatic carbocycles. The number of carbonyl (C=O) groups excluding carboxylic acids is 2. The van der Waals surface area contributed by atoms with Gasteiger partial charge in [-0.3, -0.25) is 9.59 Å². The number of nitrogens with one attached hydrogen (secondary N) is 1. The number of fused-ring (bicyclic) bond motifs is 1. The lowest BCUT2D eigenvalue weighted by molar-refractivity contribution is -0.113. The number of aromatic nitrogens is 1. The van der Waals surface area contributed by atoms with Crippen LogP contribution in [0.15, 0.2) is 60.7 Å². The fourth-order valence-electron chi connectivity index (χ4n) is 4.87. The average Bonchev–Trinajstić information content (AvgIpc) is 3.17. The molecule has 0 spiro atoms. The molecule has 39 heavy (non-hydrogen) atoms. The SMILES string of the molecule is COc1ccc(Cn2c(C)c(C)c3cc(C(=O)N[C@@H](C)c4cccc(C(C)C)c4)ccc32)cc1O[C@@H](C)C=O. The van der Waals surface area contributed by atoms with Crippen LogP contribution in [0.5, 0.6) is 11.5 Å². The first kappa shape index (κ1) is 28.0. The molecule has 2 atom stereocenters. The standard InChI is InChI=1S/C33H38N2O4/c1-20(2)26-9-8-10-27(16-26)23(5)34-33(37)28-12-13-30-29(17-28)22(4)24(6)35(30)18-25-11-14-31(38-7)32(15-25)39-21(3)19-36/h8-17,19-21,23H,18H2,1-7H3,(H,34,37)/t21-,23-/m0/s1. The van der Waals surface area contributed by atoms with Crippen LogP contribution in [0.25, 0.3) is 10.9 Å². The minimum absolute atomic E-state index is 0.0922. The van der Waals surface area contributed by atoms with Crippen LogP contribution >= 0.6 is 0 Å². The van der Waals surface area contributed by atoms with Crippen molar-refractivity contribution in [2.24, 2.45) is 0 Å². The number of aryl methyl sites for hydroxylation is 1. The molecule has 6 nitrogen and oxygen atoms in total. The largest absolute Gasteiger partial charge is 0.493 e. The van der Waals surface area contributed by atoms with Crippen molar-refractivity contribution in [3.05, 3.63) is 94.2 Å². The number of hydrogen-bond acceptors (Lipinski definition) is 4. The summed E-state index contributed by atoms with van der Waals surface area (Å²) in [7, 11) is 1.58. The summed E-state index contributed by atoms with van der Waals surface area (Å²) in [6.45, 7) is 12.8. The van der Waals surface area contributed by atoms with E-state index in [2.05, 4.69) is 61.8 Å². The Labute approximate surface area is 230 Å². The third kappa shape index (κ3) is 6.00. The van der Waals surface area contributed by atoms with Crippen LogP contribution in [0.4, 0.5) is 0 Å². The van der Waals surface area contributed by atoms with Crippen molar-refractivity contribution in [2.45, 2.75) is 66.2 Å². The van der Waals surface area contributed by atoms with E-state index in [0.717, 1.165) is 39.6 Å². The van der Waals surface area contributed by atoms with Gasteiger partial charge < -0.3 is 19.4 Å². The lowest BCUT2D eigenvalue weighted by atomic mass is 9.98. The molecule has 6 heteroatoms. The highest BCUT2D eigenvalue weighted by molar-refractivity contribution is 5.99. The monoisotopic (exact) mass is 526 g/mol. The summed E-state index contributed by atoms with van der Waals surface area (Å²) in [5.41, 5.74) is 7.33. The molecule has 0 unspecified atom stereocenters. The van der Waals surface area contributed by atoms with E-state index in [1.54, 1.807) is 14.0 Å². The number of rotatable bonds is 10. The van der Waals surface area contributed by atoms with E-state index in [1.807, 2.05) is 43.3 Å². The Morgan fingerprint density at radius 2 is 1.69 bits per heavy atom. The number of amides is 1. The van der Waals surface area contributed by atoms with Crippen molar-refractivity contribution in [1.29, 1.82) is 0 Å². The molecule has 1 N–H and O–H groups in total. The first-order valence-electron chi connectivity index (χ1n) is 13.4. The molecule has 0 bridgehead atoms. The van der Waals surface area contributed by atoms with Gasteiger partial charge in [0.15, 0.2) is 23.9 Å². The van der Waals surface area contributed by atoms with Gasteiger partial charge in [-0.1, -0.05) is 44.2 Å². The normalized spacial score (nSPS) is 12.8. The van der Waals surface area contributed by atoms with E-state index in [4.69, 9.17) is 9.47 Å². The zero-order chi connectivity index (χ0) is 28.3. The van der Waals surface area contributed by atoms with E-state index in [-0.39, 0.29) is 11.9 Å². The van der Waals surface area contributed by atoms with Gasteiger partial charge in [0.05, 0.1) is 13.2 Å². The molecule has 0 saturated heterocycles. The van der Waals surface area contributed by atoms with Crippen molar-refractivity contribution in [3.63, 3.8) is 0 Å². The fourth-order valence-corrected chi connectivity index (χ4v) is 4.87. The molecule has 204 valence electrons. The Kier molecular flexibility index (Phi) is 8.44. The molecule has 1 amide bonds. The van der Waals surface area contributed by atoms with Crippen molar-refractivity contribution in [3.8, 4) is 11.5 Å². The van der Waals surface area contributed by atoms with Crippen LogP contribution < -0.4 is 14.8 Å². The maximum absolute atomic E-state index is 13.2. The number of aldehydes is 1. The molecular weight excluding hydrogens is 488 g/mol. The topological polar surface area (TPSA) is 69.6 Å². The van der Waals surface area contributed by atoms with E-state index < -0.39 is 6.10 Å². The third-order valence-electron chi connectivity index (χ3n) is 7.40. The summed E-state index contributed by atoms with van der Waals surface area (Å²) in [5.74, 6) is 1.46. The molecule has 1 aromatic heterocycles. The summed E-state index contributed by atoms with van der Waals surface area (Å²) in [5, 5.41) is 4.22. The Morgan fingerprint density at radius 1 is 0.949 bits per heavy atom. The molecule has 3 aromatic carbocycles. The number of ether oxygens (including phenoxy) is 2. The van der Waals surface area contributed by atoms with Crippen LogP contribution in [0.3, 0.4) is 0 Å². The number of hydrogen-bond donors (Lipinski definition) is 1. The Morgan fingerprint density at radius 3 is 2.38 bits per heavy atom. The van der Waals surface area contributed by atoms with Crippen LogP contribution in [0, 0.1) is 13.8 Å². The Balaban J connectivity index is 1.59. The maximum atomic E-state index is 13.2. The molecule has 4 aromatic rings. The lowest BCUT2D eigenvalue weighted by Crippen LogP contribution is -2.26. The maximum Gasteiger partial charge on any atom is 0.251 e. The molecule has 0 radical (unpaired) electrons. The Hall–Kier alpha value is -4.06. The van der Waals surface area contributed by atoms with Crippen LogP contribution in [-0.2, 0) is 11.3 Å². The predicted octanol–water partition coefficient (Wildman–Crippen LogP) is 6.90. The second-order valence-corrected chi connectivity index (χ2v) is 10.5. The van der Waals surface area contributed by atoms with Gasteiger partial charge in [-0.25, -0.2) is 0 Å². The van der Waals surface area contributed by atoms with Crippen LogP contribution in [-0.4, -0.2) is 30.0 Å². The minimum Gasteiger partial charge on any atom is -0.493 e. The van der Waals surface area contributed by atoms with E-state index >= 15 is 0 Å². The molecule has 0 aliphatic heterocycles. The number of carbonyl (C=O) groups is 2. The summed E-state index contributed by atoms with van der Waals surface area (Å²) in [4.78, 5) is 24.4.